The molecule has 24 heavy (non-hydrogen) atoms. The number of amides is 1. The Kier molecular flexibility index (Phi) is 6.76. The average molecular weight is 337 g/mol. The highest BCUT2D eigenvalue weighted by Crippen LogP contribution is 2.10. The van der Waals surface area contributed by atoms with Crippen LogP contribution in [-0.2, 0) is 20.7 Å². The van der Waals surface area contributed by atoms with E-state index in [1.165, 1.54) is 12.1 Å². The molecule has 0 saturated heterocycles. The minimum Gasteiger partial charge on any atom is -0.478 e. The molecule has 7 heteroatoms. The highest BCUT2D eigenvalue weighted by Gasteiger charge is 2.25. The summed E-state index contributed by atoms with van der Waals surface area (Å²) < 4.78 is 10.1. The zero-order valence-corrected chi connectivity index (χ0v) is 14.3. The summed E-state index contributed by atoms with van der Waals surface area (Å²) in [6.45, 7) is 7.01. The zero-order valence-electron chi connectivity index (χ0n) is 14.3. The summed E-state index contributed by atoms with van der Waals surface area (Å²) in [5.41, 5.74) is 0.146. The first-order valence-corrected chi connectivity index (χ1v) is 7.60. The Morgan fingerprint density at radius 1 is 1.17 bits per heavy atom. The van der Waals surface area contributed by atoms with Crippen molar-refractivity contribution in [3.8, 4) is 0 Å². The molecule has 1 amide bonds. The van der Waals surface area contributed by atoms with E-state index in [1.807, 2.05) is 0 Å². The molecule has 0 spiro atoms. The van der Waals surface area contributed by atoms with Crippen LogP contribution < -0.4 is 5.32 Å². The molecule has 7 nitrogen and oxygen atoms in total. The second kappa shape index (κ2) is 8.33. The van der Waals surface area contributed by atoms with Gasteiger partial charge in [-0.3, -0.25) is 0 Å². The molecule has 0 heterocycles. The van der Waals surface area contributed by atoms with Crippen molar-refractivity contribution in [2.45, 2.75) is 45.8 Å². The smallest absolute Gasteiger partial charge is 0.408 e. The lowest BCUT2D eigenvalue weighted by Crippen LogP contribution is -2.45. The van der Waals surface area contributed by atoms with Crippen LogP contribution in [0.2, 0.25) is 0 Å². The second-order valence-electron chi connectivity index (χ2n) is 6.16. The SMILES string of the molecule is CCOC(=O)C(Cc1ccc(C(=O)O)cc1)NC(=O)OC(C)(C)C. The molecule has 0 saturated carbocycles. The van der Waals surface area contributed by atoms with Crippen LogP contribution in [0.25, 0.3) is 0 Å². The quantitative estimate of drug-likeness (QED) is 0.773. The Hall–Kier alpha value is -2.57. The van der Waals surface area contributed by atoms with Gasteiger partial charge in [0, 0.05) is 6.42 Å². The monoisotopic (exact) mass is 337 g/mol. The van der Waals surface area contributed by atoms with Gasteiger partial charge in [-0.2, -0.15) is 0 Å². The third kappa shape index (κ3) is 6.68. The molecule has 1 unspecified atom stereocenters. The van der Waals surface area contributed by atoms with Crippen molar-refractivity contribution >= 4 is 18.0 Å². The summed E-state index contributed by atoms with van der Waals surface area (Å²) in [4.78, 5) is 34.8. The van der Waals surface area contributed by atoms with Crippen LogP contribution in [0.1, 0.15) is 43.6 Å². The highest BCUT2D eigenvalue weighted by atomic mass is 16.6. The lowest BCUT2D eigenvalue weighted by Gasteiger charge is -2.23. The van der Waals surface area contributed by atoms with Crippen molar-refractivity contribution in [1.29, 1.82) is 0 Å². The maximum absolute atomic E-state index is 12.0. The topological polar surface area (TPSA) is 102 Å². The fourth-order valence-electron chi connectivity index (χ4n) is 1.91. The number of aromatic carboxylic acids is 1. The van der Waals surface area contributed by atoms with Crippen LogP contribution in [-0.4, -0.2) is 41.4 Å². The molecule has 0 bridgehead atoms. The molecule has 0 radical (unpaired) electrons. The number of alkyl carbamates (subject to hydrolysis) is 1. The number of hydrogen-bond acceptors (Lipinski definition) is 5. The molecule has 0 aromatic heterocycles. The fraction of sp³-hybridized carbons (Fsp3) is 0.471. The molecular weight excluding hydrogens is 314 g/mol. The summed E-state index contributed by atoms with van der Waals surface area (Å²) in [5.74, 6) is -1.61. The minimum atomic E-state index is -1.03. The van der Waals surface area contributed by atoms with E-state index < -0.39 is 29.7 Å². The Morgan fingerprint density at radius 3 is 2.21 bits per heavy atom. The lowest BCUT2D eigenvalue weighted by molar-refractivity contribution is -0.145. The number of carbonyl (C=O) groups is 3. The molecule has 0 aliphatic carbocycles. The maximum atomic E-state index is 12.0. The van der Waals surface area contributed by atoms with E-state index in [4.69, 9.17) is 14.6 Å². The van der Waals surface area contributed by atoms with Crippen LogP contribution in [0.15, 0.2) is 24.3 Å². The van der Waals surface area contributed by atoms with E-state index in [-0.39, 0.29) is 18.6 Å². The van der Waals surface area contributed by atoms with Crippen molar-refractivity contribution in [1.82, 2.24) is 5.32 Å². The molecule has 1 aromatic carbocycles. The highest BCUT2D eigenvalue weighted by molar-refractivity contribution is 5.87. The first-order chi connectivity index (χ1) is 11.1. The molecule has 1 aromatic rings. The van der Waals surface area contributed by atoms with Gasteiger partial charge >= 0.3 is 18.0 Å². The molecule has 1 rings (SSSR count). The van der Waals surface area contributed by atoms with Gasteiger partial charge in [0.05, 0.1) is 12.2 Å². The van der Waals surface area contributed by atoms with Crippen LogP contribution in [0.4, 0.5) is 4.79 Å². The van der Waals surface area contributed by atoms with Gasteiger partial charge in [0.2, 0.25) is 0 Å². The van der Waals surface area contributed by atoms with Crippen LogP contribution in [0, 0.1) is 0 Å². The normalized spacial score (nSPS) is 12.2. The van der Waals surface area contributed by atoms with Crippen LogP contribution in [0.3, 0.4) is 0 Å². The van der Waals surface area contributed by atoms with Crippen LogP contribution in [0.5, 0.6) is 0 Å². The first-order valence-electron chi connectivity index (χ1n) is 7.60. The molecule has 0 aliphatic heterocycles. The van der Waals surface area contributed by atoms with Crippen molar-refractivity contribution in [3.05, 3.63) is 35.4 Å². The van der Waals surface area contributed by atoms with Gasteiger partial charge in [-0.15, -0.1) is 0 Å². The fourth-order valence-corrected chi connectivity index (χ4v) is 1.91. The summed E-state index contributed by atoms with van der Waals surface area (Å²) in [7, 11) is 0. The Labute approximate surface area is 141 Å². The molecule has 0 fully saturated rings. The molecular formula is C17H23NO6. The zero-order chi connectivity index (χ0) is 18.3. The standard InChI is InChI=1S/C17H23NO6/c1-5-23-15(21)13(18-16(22)24-17(2,3)4)10-11-6-8-12(9-7-11)14(19)20/h6-9,13H,5,10H2,1-4H3,(H,18,22)(H,19,20). The van der Waals surface area contributed by atoms with Gasteiger partial charge in [-0.05, 0) is 45.4 Å². The van der Waals surface area contributed by atoms with E-state index in [2.05, 4.69) is 5.32 Å². The Balaban J connectivity index is 2.84. The number of carboxylic acids is 1. The van der Waals surface area contributed by atoms with Crippen molar-refractivity contribution < 1.29 is 29.0 Å². The Morgan fingerprint density at radius 2 is 1.75 bits per heavy atom. The summed E-state index contributed by atoms with van der Waals surface area (Å²) >= 11 is 0. The van der Waals surface area contributed by atoms with Crippen molar-refractivity contribution in [2.24, 2.45) is 0 Å². The van der Waals surface area contributed by atoms with Gasteiger partial charge in [0.25, 0.3) is 0 Å². The number of nitrogens with one attached hydrogen (secondary N) is 1. The molecule has 1 atom stereocenters. The lowest BCUT2D eigenvalue weighted by atomic mass is 10.0. The largest absolute Gasteiger partial charge is 0.478 e. The van der Waals surface area contributed by atoms with Crippen LogP contribution >= 0.6 is 0 Å². The van der Waals surface area contributed by atoms with Gasteiger partial charge in [-0.1, -0.05) is 12.1 Å². The van der Waals surface area contributed by atoms with E-state index in [0.29, 0.717) is 5.56 Å². The van der Waals surface area contributed by atoms with E-state index in [9.17, 15) is 14.4 Å². The number of carboxylic acid groups (broad SMARTS) is 1. The van der Waals surface area contributed by atoms with Gasteiger partial charge in [0.1, 0.15) is 11.6 Å². The van der Waals surface area contributed by atoms with Crippen molar-refractivity contribution in [2.75, 3.05) is 6.61 Å². The molecule has 2 N–H and O–H groups in total. The Bertz CT molecular complexity index is 588. The summed E-state index contributed by atoms with van der Waals surface area (Å²) in [6.07, 6.45) is -0.555. The number of carbonyl (C=O) groups excluding carboxylic acids is 2. The van der Waals surface area contributed by atoms with E-state index >= 15 is 0 Å². The average Bonchev–Trinajstić information content (AvgIpc) is 2.45. The number of hydrogen-bond donors (Lipinski definition) is 2. The number of benzene rings is 1. The second-order valence-corrected chi connectivity index (χ2v) is 6.16. The van der Waals surface area contributed by atoms with Gasteiger partial charge < -0.3 is 19.9 Å². The minimum absolute atomic E-state index is 0.145. The predicted molar refractivity (Wildman–Crippen MR) is 86.9 cm³/mol. The first kappa shape index (κ1) is 19.5. The predicted octanol–water partition coefficient (Wildman–Crippen LogP) is 2.38. The summed E-state index contributed by atoms with van der Waals surface area (Å²) in [5, 5.41) is 11.4. The third-order valence-corrected chi connectivity index (χ3v) is 2.90. The number of rotatable bonds is 6. The molecule has 132 valence electrons. The van der Waals surface area contributed by atoms with Gasteiger partial charge in [-0.25, -0.2) is 14.4 Å². The summed E-state index contributed by atoms with van der Waals surface area (Å²) in [6, 6.07) is 5.13. The third-order valence-electron chi connectivity index (χ3n) is 2.90. The maximum Gasteiger partial charge on any atom is 0.408 e. The number of esters is 1. The van der Waals surface area contributed by atoms with E-state index in [0.717, 1.165) is 0 Å². The van der Waals surface area contributed by atoms with Gasteiger partial charge in [0.15, 0.2) is 0 Å². The number of ether oxygens (including phenoxy) is 2. The molecule has 0 aliphatic rings. The van der Waals surface area contributed by atoms with Crippen molar-refractivity contribution in [3.63, 3.8) is 0 Å². The van der Waals surface area contributed by atoms with E-state index in [1.54, 1.807) is 39.8 Å².